The second-order valence-electron chi connectivity index (χ2n) is 6.83. The third-order valence-corrected chi connectivity index (χ3v) is 6.84. The third-order valence-electron chi connectivity index (χ3n) is 5.02. The van der Waals surface area contributed by atoms with Gasteiger partial charge in [-0.1, -0.05) is 35.5 Å². The summed E-state index contributed by atoms with van der Waals surface area (Å²) < 4.78 is 33.7. The van der Waals surface area contributed by atoms with Crippen LogP contribution in [0.4, 0.5) is 0 Å². The Morgan fingerprint density at radius 2 is 1.70 bits per heavy atom. The Balaban J connectivity index is 1.94. The molecule has 0 aliphatic rings. The number of aromatic nitrogens is 2. The molecule has 0 radical (unpaired) electrons. The zero-order valence-electron chi connectivity index (χ0n) is 15.6. The van der Waals surface area contributed by atoms with Gasteiger partial charge in [0.25, 0.3) is 10.0 Å². The van der Waals surface area contributed by atoms with Gasteiger partial charge in [0, 0.05) is 22.7 Å². The first-order valence-electron chi connectivity index (χ1n) is 8.67. The van der Waals surface area contributed by atoms with E-state index >= 15 is 0 Å². The minimum Gasteiger partial charge on any atom is -0.356 e. The van der Waals surface area contributed by atoms with E-state index in [1.165, 1.54) is 3.97 Å². The van der Waals surface area contributed by atoms with E-state index in [9.17, 15) is 8.42 Å². The largest absolute Gasteiger partial charge is 0.356 e. The SMILES string of the molecule is Cc1ccc(-c2onc(C)c2C)cc1S(=O)(=O)n1cc(C)c2ccccc21. The summed E-state index contributed by atoms with van der Waals surface area (Å²) in [5.74, 6) is 0.595. The first-order chi connectivity index (χ1) is 12.8. The van der Waals surface area contributed by atoms with Crippen molar-refractivity contribution in [3.05, 3.63) is 71.0 Å². The fourth-order valence-electron chi connectivity index (χ4n) is 3.32. The van der Waals surface area contributed by atoms with E-state index in [1.807, 2.05) is 51.1 Å². The molecule has 0 N–H and O–H groups in total. The van der Waals surface area contributed by atoms with E-state index in [-0.39, 0.29) is 4.90 Å². The normalized spacial score (nSPS) is 12.0. The molecule has 0 saturated heterocycles. The van der Waals surface area contributed by atoms with Gasteiger partial charge in [0.2, 0.25) is 0 Å². The Hall–Kier alpha value is -2.86. The molecule has 0 bridgehead atoms. The molecule has 2 aromatic heterocycles. The Morgan fingerprint density at radius 3 is 2.41 bits per heavy atom. The molecule has 4 rings (SSSR count). The quantitative estimate of drug-likeness (QED) is 0.514. The molecule has 0 amide bonds. The molecular formula is C21H20N2O3S. The lowest BCUT2D eigenvalue weighted by Gasteiger charge is -2.11. The summed E-state index contributed by atoms with van der Waals surface area (Å²) in [6.07, 6.45) is 1.68. The lowest BCUT2D eigenvalue weighted by molar-refractivity contribution is 0.426. The van der Waals surface area contributed by atoms with Crippen molar-refractivity contribution >= 4 is 20.9 Å². The van der Waals surface area contributed by atoms with Gasteiger partial charge in [-0.05, 0) is 51.0 Å². The van der Waals surface area contributed by atoms with Crippen LogP contribution in [0.15, 0.2) is 58.1 Å². The maximum atomic E-state index is 13.5. The highest BCUT2D eigenvalue weighted by atomic mass is 32.2. The Labute approximate surface area is 158 Å². The van der Waals surface area contributed by atoms with Gasteiger partial charge in [-0.3, -0.25) is 0 Å². The van der Waals surface area contributed by atoms with Crippen molar-refractivity contribution in [1.82, 2.24) is 9.13 Å². The number of hydrogen-bond donors (Lipinski definition) is 0. The average molecular weight is 380 g/mol. The van der Waals surface area contributed by atoms with Gasteiger partial charge in [-0.25, -0.2) is 12.4 Å². The van der Waals surface area contributed by atoms with Crippen LogP contribution < -0.4 is 0 Å². The number of fused-ring (bicyclic) bond motifs is 1. The van der Waals surface area contributed by atoms with E-state index in [0.717, 1.165) is 22.2 Å². The predicted molar refractivity (Wildman–Crippen MR) is 105 cm³/mol. The summed E-state index contributed by atoms with van der Waals surface area (Å²) in [5.41, 5.74) is 4.68. The monoisotopic (exact) mass is 380 g/mol. The third kappa shape index (κ3) is 2.68. The lowest BCUT2D eigenvalue weighted by atomic mass is 10.1. The minimum absolute atomic E-state index is 0.259. The molecule has 2 heterocycles. The van der Waals surface area contributed by atoms with Crippen LogP contribution in [-0.2, 0) is 10.0 Å². The molecule has 0 aliphatic heterocycles. The van der Waals surface area contributed by atoms with E-state index in [1.54, 1.807) is 25.3 Å². The van der Waals surface area contributed by atoms with Crippen LogP contribution in [0, 0.1) is 27.7 Å². The fraction of sp³-hybridized carbons (Fsp3) is 0.190. The van der Waals surface area contributed by atoms with Crippen LogP contribution >= 0.6 is 0 Å². The Bertz CT molecular complexity index is 1280. The first-order valence-corrected chi connectivity index (χ1v) is 10.1. The van der Waals surface area contributed by atoms with Crippen LogP contribution in [0.5, 0.6) is 0 Å². The summed E-state index contributed by atoms with van der Waals surface area (Å²) in [7, 11) is -3.76. The van der Waals surface area contributed by atoms with E-state index < -0.39 is 10.0 Å². The maximum absolute atomic E-state index is 13.5. The average Bonchev–Trinajstić information content (AvgIpc) is 3.17. The highest BCUT2D eigenvalue weighted by molar-refractivity contribution is 7.90. The predicted octanol–water partition coefficient (Wildman–Crippen LogP) is 4.77. The van der Waals surface area contributed by atoms with Crippen molar-refractivity contribution in [2.45, 2.75) is 32.6 Å². The molecule has 2 aromatic carbocycles. The highest BCUT2D eigenvalue weighted by Crippen LogP contribution is 2.31. The van der Waals surface area contributed by atoms with E-state index in [4.69, 9.17) is 4.52 Å². The lowest BCUT2D eigenvalue weighted by Crippen LogP contribution is -2.13. The zero-order valence-corrected chi connectivity index (χ0v) is 16.5. The van der Waals surface area contributed by atoms with Crippen molar-refractivity contribution in [2.24, 2.45) is 0 Å². The summed E-state index contributed by atoms with van der Waals surface area (Å²) in [6.45, 7) is 7.49. The van der Waals surface area contributed by atoms with Crippen molar-refractivity contribution in [3.63, 3.8) is 0 Å². The molecule has 0 atom stereocenters. The smallest absolute Gasteiger partial charge is 0.268 e. The van der Waals surface area contributed by atoms with Gasteiger partial charge in [-0.15, -0.1) is 0 Å². The van der Waals surface area contributed by atoms with Crippen molar-refractivity contribution < 1.29 is 12.9 Å². The van der Waals surface area contributed by atoms with Gasteiger partial charge in [0.15, 0.2) is 5.76 Å². The van der Waals surface area contributed by atoms with Gasteiger partial charge in [-0.2, -0.15) is 0 Å². The van der Waals surface area contributed by atoms with E-state index in [0.29, 0.717) is 22.4 Å². The maximum Gasteiger partial charge on any atom is 0.268 e. The van der Waals surface area contributed by atoms with Crippen LogP contribution in [0.1, 0.15) is 22.4 Å². The molecule has 0 unspecified atom stereocenters. The van der Waals surface area contributed by atoms with E-state index in [2.05, 4.69) is 5.16 Å². The molecule has 0 aliphatic carbocycles. The van der Waals surface area contributed by atoms with Crippen molar-refractivity contribution in [1.29, 1.82) is 0 Å². The van der Waals surface area contributed by atoms with Crippen LogP contribution in [0.25, 0.3) is 22.2 Å². The van der Waals surface area contributed by atoms with Crippen LogP contribution in [0.3, 0.4) is 0 Å². The summed E-state index contributed by atoms with van der Waals surface area (Å²) in [5, 5.41) is 4.91. The summed E-state index contributed by atoms with van der Waals surface area (Å²) in [4.78, 5) is 0.259. The molecule has 0 spiro atoms. The topological polar surface area (TPSA) is 65.1 Å². The van der Waals surface area contributed by atoms with Gasteiger partial charge in [0.05, 0.1) is 16.1 Å². The van der Waals surface area contributed by atoms with Gasteiger partial charge < -0.3 is 4.52 Å². The second kappa shape index (κ2) is 6.09. The second-order valence-corrected chi connectivity index (χ2v) is 8.62. The molecule has 5 nitrogen and oxygen atoms in total. The number of hydrogen-bond acceptors (Lipinski definition) is 4. The summed E-state index contributed by atoms with van der Waals surface area (Å²) >= 11 is 0. The Morgan fingerprint density at radius 1 is 0.963 bits per heavy atom. The van der Waals surface area contributed by atoms with Crippen LogP contribution in [0.2, 0.25) is 0 Å². The molecule has 4 aromatic rings. The Kier molecular flexibility index (Phi) is 3.96. The van der Waals surface area contributed by atoms with Crippen molar-refractivity contribution in [3.8, 4) is 11.3 Å². The highest BCUT2D eigenvalue weighted by Gasteiger charge is 2.24. The minimum atomic E-state index is -3.76. The first kappa shape index (κ1) is 17.5. The van der Waals surface area contributed by atoms with Crippen molar-refractivity contribution in [2.75, 3.05) is 0 Å². The van der Waals surface area contributed by atoms with Gasteiger partial charge >= 0.3 is 0 Å². The molecule has 0 fully saturated rings. The molecule has 138 valence electrons. The number of nitrogens with zero attached hydrogens (tertiary/aromatic N) is 2. The summed E-state index contributed by atoms with van der Waals surface area (Å²) in [6, 6.07) is 12.8. The molecular weight excluding hydrogens is 360 g/mol. The van der Waals surface area contributed by atoms with Crippen LogP contribution in [-0.4, -0.2) is 17.5 Å². The number of aryl methyl sites for hydroxylation is 3. The number of benzene rings is 2. The molecule has 27 heavy (non-hydrogen) atoms. The number of rotatable bonds is 3. The van der Waals surface area contributed by atoms with Gasteiger partial charge in [0.1, 0.15) is 0 Å². The fourth-order valence-corrected chi connectivity index (χ4v) is 5.00. The molecule has 0 saturated carbocycles. The standard InChI is InChI=1S/C21H20N2O3S/c1-13-9-10-17(21-15(3)16(4)22-26-21)11-20(13)27(24,25)23-12-14(2)18-7-5-6-8-19(18)23/h5-12H,1-4H3. The zero-order chi connectivity index (χ0) is 19.3. The molecule has 6 heteroatoms. The number of para-hydroxylation sites is 1.